The van der Waals surface area contributed by atoms with Crippen LogP contribution in [0.5, 0.6) is 0 Å². The van der Waals surface area contributed by atoms with Gasteiger partial charge in [-0.1, -0.05) is 6.42 Å². The highest BCUT2D eigenvalue weighted by atomic mass is 16.6. The van der Waals surface area contributed by atoms with Gasteiger partial charge in [0.05, 0.1) is 16.2 Å². The number of rotatable bonds is 6. The molecule has 2 bridgehead atoms. The molecule has 2 aliphatic carbocycles. The molecule has 0 aromatic heterocycles. The zero-order valence-corrected chi connectivity index (χ0v) is 14.6. The second-order valence-corrected chi connectivity index (χ2v) is 7.30. The third kappa shape index (κ3) is 3.79. The number of esters is 1. The minimum Gasteiger partial charge on any atom is -0.452 e. The van der Waals surface area contributed by atoms with Gasteiger partial charge >= 0.3 is 5.97 Å². The lowest BCUT2D eigenvalue weighted by atomic mass is 9.84. The molecule has 3 N–H and O–H groups in total. The molecule has 140 valence electrons. The van der Waals surface area contributed by atoms with Crippen molar-refractivity contribution in [3.05, 3.63) is 33.9 Å². The molecular weight excluding hydrogens is 338 g/mol. The van der Waals surface area contributed by atoms with Gasteiger partial charge in [-0.15, -0.1) is 0 Å². The van der Waals surface area contributed by atoms with Crippen molar-refractivity contribution < 1.29 is 19.2 Å². The van der Waals surface area contributed by atoms with Crippen LogP contribution in [0.25, 0.3) is 0 Å². The van der Waals surface area contributed by atoms with Crippen LogP contribution in [0.4, 0.5) is 11.4 Å². The molecule has 1 aromatic rings. The van der Waals surface area contributed by atoms with E-state index < -0.39 is 17.5 Å². The van der Waals surface area contributed by atoms with Gasteiger partial charge in [0.25, 0.3) is 11.6 Å². The van der Waals surface area contributed by atoms with Crippen LogP contribution in [-0.4, -0.2) is 29.4 Å². The van der Waals surface area contributed by atoms with Gasteiger partial charge in [-0.05, 0) is 50.0 Å². The van der Waals surface area contributed by atoms with Gasteiger partial charge in [0, 0.05) is 18.2 Å². The smallest absolute Gasteiger partial charge is 0.340 e. The Morgan fingerprint density at radius 3 is 2.73 bits per heavy atom. The molecule has 0 saturated heterocycles. The third-order valence-corrected chi connectivity index (χ3v) is 5.62. The number of nitro benzene ring substituents is 1. The van der Waals surface area contributed by atoms with Crippen LogP contribution >= 0.6 is 0 Å². The average Bonchev–Trinajstić information content (AvgIpc) is 3.22. The Morgan fingerprint density at radius 2 is 2.15 bits per heavy atom. The van der Waals surface area contributed by atoms with E-state index in [0.717, 1.165) is 18.4 Å². The van der Waals surface area contributed by atoms with Gasteiger partial charge in [0.2, 0.25) is 0 Å². The first-order valence-corrected chi connectivity index (χ1v) is 8.85. The fourth-order valence-corrected chi connectivity index (χ4v) is 4.37. The van der Waals surface area contributed by atoms with Crippen LogP contribution < -0.4 is 11.1 Å². The monoisotopic (exact) mass is 361 g/mol. The van der Waals surface area contributed by atoms with E-state index in [-0.39, 0.29) is 28.9 Å². The summed E-state index contributed by atoms with van der Waals surface area (Å²) in [6.07, 6.45) is 4.96. The summed E-state index contributed by atoms with van der Waals surface area (Å²) in [4.78, 5) is 34.2. The lowest BCUT2D eigenvalue weighted by Crippen LogP contribution is -2.42. The van der Waals surface area contributed by atoms with Crippen LogP contribution in [0.2, 0.25) is 0 Å². The zero-order chi connectivity index (χ0) is 18.8. The van der Waals surface area contributed by atoms with E-state index in [9.17, 15) is 19.7 Å². The number of hydrogen-bond acceptors (Lipinski definition) is 6. The number of fused-ring (bicyclic) bond motifs is 2. The number of nitro groups is 1. The summed E-state index contributed by atoms with van der Waals surface area (Å²) in [6, 6.07) is 3.55. The van der Waals surface area contributed by atoms with E-state index in [4.69, 9.17) is 10.5 Å². The van der Waals surface area contributed by atoms with E-state index in [0.29, 0.717) is 11.8 Å². The molecule has 0 radical (unpaired) electrons. The molecule has 0 unspecified atom stereocenters. The van der Waals surface area contributed by atoms with E-state index in [1.54, 1.807) is 0 Å². The Bertz CT molecular complexity index is 736. The van der Waals surface area contributed by atoms with E-state index >= 15 is 0 Å². The van der Waals surface area contributed by atoms with Gasteiger partial charge in [-0.25, -0.2) is 4.79 Å². The quantitative estimate of drug-likeness (QED) is 0.347. The first-order valence-electron chi connectivity index (χ1n) is 8.85. The number of carbonyl (C=O) groups excluding carboxylic acids is 2. The molecule has 4 atom stereocenters. The fourth-order valence-electron chi connectivity index (χ4n) is 4.37. The summed E-state index contributed by atoms with van der Waals surface area (Å²) in [5.41, 5.74) is 5.40. The summed E-state index contributed by atoms with van der Waals surface area (Å²) < 4.78 is 5.00. The Kier molecular flexibility index (Phi) is 5.11. The number of nitrogen functional groups attached to an aromatic ring is 1. The number of ether oxygens (including phenoxy) is 1. The molecule has 26 heavy (non-hydrogen) atoms. The maximum Gasteiger partial charge on any atom is 0.340 e. The Balaban J connectivity index is 1.49. The molecule has 2 saturated carbocycles. The molecule has 0 aliphatic heterocycles. The van der Waals surface area contributed by atoms with E-state index in [2.05, 4.69) is 5.32 Å². The molecule has 2 fully saturated rings. The van der Waals surface area contributed by atoms with Gasteiger partial charge in [-0.3, -0.25) is 14.9 Å². The molecule has 1 amide bonds. The topological polar surface area (TPSA) is 125 Å². The first-order chi connectivity index (χ1) is 12.3. The Morgan fingerprint density at radius 1 is 1.38 bits per heavy atom. The molecule has 8 heteroatoms. The van der Waals surface area contributed by atoms with Gasteiger partial charge in [0.15, 0.2) is 6.61 Å². The number of anilines is 1. The van der Waals surface area contributed by atoms with Gasteiger partial charge < -0.3 is 15.8 Å². The highest BCUT2D eigenvalue weighted by molar-refractivity contribution is 5.96. The minimum atomic E-state index is -0.778. The van der Waals surface area contributed by atoms with Gasteiger partial charge in [0.1, 0.15) is 0 Å². The summed E-state index contributed by atoms with van der Waals surface area (Å²) in [5.74, 6) is 0.859. The second kappa shape index (κ2) is 7.31. The lowest BCUT2D eigenvalue weighted by molar-refractivity contribution is -0.384. The molecule has 3 rings (SSSR count). The number of hydrogen-bond donors (Lipinski definition) is 2. The first kappa shape index (κ1) is 18.2. The van der Waals surface area contributed by atoms with Crippen molar-refractivity contribution >= 4 is 23.3 Å². The van der Waals surface area contributed by atoms with Crippen molar-refractivity contribution in [1.82, 2.24) is 5.32 Å². The molecule has 2 aliphatic rings. The van der Waals surface area contributed by atoms with Crippen molar-refractivity contribution in [3.63, 3.8) is 0 Å². The standard InChI is InChI=1S/C18H23N3O5/c1-10(15-7-11-2-3-12(15)6-11)20-17(22)9-26-18(23)14-5-4-13(21(24)25)8-16(14)19/h4-5,8,10-12,15H,2-3,6-7,9,19H2,1H3,(H,20,22)/t10-,11-,12-,15+/m0/s1. The van der Waals surface area contributed by atoms with Crippen LogP contribution in [0, 0.1) is 27.9 Å². The minimum absolute atomic E-state index is 0.00421. The van der Waals surface area contributed by atoms with Crippen LogP contribution in [0.3, 0.4) is 0 Å². The van der Waals surface area contributed by atoms with Crippen molar-refractivity contribution in [2.24, 2.45) is 17.8 Å². The van der Waals surface area contributed by atoms with Crippen molar-refractivity contribution in [1.29, 1.82) is 0 Å². The van der Waals surface area contributed by atoms with Gasteiger partial charge in [-0.2, -0.15) is 0 Å². The molecule has 0 heterocycles. The SMILES string of the molecule is C[C@H](NC(=O)COC(=O)c1ccc([N+](=O)[O-])cc1N)[C@H]1C[C@H]2CC[C@H]1C2. The fraction of sp³-hybridized carbons (Fsp3) is 0.556. The second-order valence-electron chi connectivity index (χ2n) is 7.30. The number of carbonyl (C=O) groups is 2. The number of benzene rings is 1. The Labute approximate surface area is 151 Å². The maximum absolute atomic E-state index is 12.1. The largest absolute Gasteiger partial charge is 0.452 e. The molecular formula is C18H23N3O5. The summed E-state index contributed by atoms with van der Waals surface area (Å²) in [5, 5.41) is 13.6. The Hall–Kier alpha value is -2.64. The highest BCUT2D eigenvalue weighted by Crippen LogP contribution is 2.49. The maximum atomic E-state index is 12.1. The highest BCUT2D eigenvalue weighted by Gasteiger charge is 2.42. The van der Waals surface area contributed by atoms with Crippen LogP contribution in [-0.2, 0) is 9.53 Å². The van der Waals surface area contributed by atoms with Crippen molar-refractivity contribution in [2.75, 3.05) is 12.3 Å². The summed E-state index contributed by atoms with van der Waals surface area (Å²) in [7, 11) is 0. The normalized spacial score (nSPS) is 24.9. The molecule has 8 nitrogen and oxygen atoms in total. The number of nitrogens with one attached hydrogen (secondary N) is 1. The number of nitrogens with zero attached hydrogens (tertiary/aromatic N) is 1. The van der Waals surface area contributed by atoms with E-state index in [1.165, 1.54) is 31.4 Å². The van der Waals surface area contributed by atoms with Crippen LogP contribution in [0.1, 0.15) is 43.0 Å². The predicted molar refractivity (Wildman–Crippen MR) is 94.3 cm³/mol. The van der Waals surface area contributed by atoms with Crippen molar-refractivity contribution in [2.45, 2.75) is 38.6 Å². The van der Waals surface area contributed by atoms with Crippen molar-refractivity contribution in [3.8, 4) is 0 Å². The number of non-ortho nitro benzene ring substituents is 1. The predicted octanol–water partition coefficient (Wildman–Crippen LogP) is 2.27. The zero-order valence-electron chi connectivity index (χ0n) is 14.6. The molecule has 0 spiro atoms. The lowest BCUT2D eigenvalue weighted by Gasteiger charge is -2.28. The average molecular weight is 361 g/mol. The number of amides is 1. The van der Waals surface area contributed by atoms with Crippen LogP contribution in [0.15, 0.2) is 18.2 Å². The van der Waals surface area contributed by atoms with E-state index in [1.807, 2.05) is 6.92 Å². The third-order valence-electron chi connectivity index (χ3n) is 5.62. The number of nitrogens with two attached hydrogens (primary N) is 1. The summed E-state index contributed by atoms with van der Waals surface area (Å²) in [6.45, 7) is 1.60. The summed E-state index contributed by atoms with van der Waals surface area (Å²) >= 11 is 0. The molecule has 1 aromatic carbocycles.